The summed E-state index contributed by atoms with van der Waals surface area (Å²) in [6.45, 7) is -0.188. The smallest absolute Gasteiger partial charge is 0.243 e. The van der Waals surface area contributed by atoms with Gasteiger partial charge in [0.2, 0.25) is 5.91 Å². The van der Waals surface area contributed by atoms with E-state index in [0.717, 1.165) is 12.1 Å². The zero-order chi connectivity index (χ0) is 15.4. The molecular weight excluding hydrogens is 366 g/mol. The molecule has 2 N–H and O–H groups in total. The molecule has 2 aromatic rings. The van der Waals surface area contributed by atoms with Crippen LogP contribution in [0.1, 0.15) is 0 Å². The molecule has 0 saturated carbocycles. The first-order chi connectivity index (χ1) is 9.97. The number of rotatable bonds is 4. The SMILES string of the molecule is O=C(CNc1c(F)cc(F)cc1Br)Nc1ccccc1Cl. The van der Waals surface area contributed by atoms with Gasteiger partial charge in [-0.25, -0.2) is 8.78 Å². The summed E-state index contributed by atoms with van der Waals surface area (Å²) in [5.41, 5.74) is 0.482. The number of anilines is 2. The summed E-state index contributed by atoms with van der Waals surface area (Å²) in [4.78, 5) is 11.8. The lowest BCUT2D eigenvalue weighted by molar-refractivity contribution is -0.114. The van der Waals surface area contributed by atoms with Gasteiger partial charge in [-0.15, -0.1) is 0 Å². The summed E-state index contributed by atoms with van der Waals surface area (Å²) in [5.74, 6) is -1.89. The van der Waals surface area contributed by atoms with E-state index in [1.165, 1.54) is 0 Å². The standard InChI is InChI=1S/C14H10BrClF2N2O/c15-9-5-8(17)6-11(18)14(9)19-7-13(21)20-12-4-2-1-3-10(12)16/h1-6,19H,7H2,(H,20,21). The van der Waals surface area contributed by atoms with Crippen LogP contribution in [0.4, 0.5) is 20.2 Å². The van der Waals surface area contributed by atoms with E-state index >= 15 is 0 Å². The van der Waals surface area contributed by atoms with Gasteiger partial charge in [-0.05, 0) is 34.1 Å². The molecule has 0 aromatic heterocycles. The normalized spacial score (nSPS) is 10.3. The van der Waals surface area contributed by atoms with Gasteiger partial charge < -0.3 is 10.6 Å². The van der Waals surface area contributed by atoms with Gasteiger partial charge in [-0.2, -0.15) is 0 Å². The number of benzene rings is 2. The molecule has 0 fully saturated rings. The number of hydrogen-bond acceptors (Lipinski definition) is 2. The minimum Gasteiger partial charge on any atom is -0.373 e. The second kappa shape index (κ2) is 6.87. The number of amides is 1. The molecule has 0 unspecified atom stereocenters. The van der Waals surface area contributed by atoms with Gasteiger partial charge in [0.15, 0.2) is 0 Å². The number of nitrogens with one attached hydrogen (secondary N) is 2. The highest BCUT2D eigenvalue weighted by Crippen LogP contribution is 2.26. The van der Waals surface area contributed by atoms with Gasteiger partial charge in [0.25, 0.3) is 0 Å². The molecule has 0 aliphatic rings. The van der Waals surface area contributed by atoms with E-state index in [9.17, 15) is 13.6 Å². The minimum absolute atomic E-state index is 0.0192. The molecular formula is C14H10BrClF2N2O. The molecule has 2 rings (SSSR count). The van der Waals surface area contributed by atoms with Crippen LogP contribution in [0.5, 0.6) is 0 Å². The molecule has 1 amide bonds. The summed E-state index contributed by atoms with van der Waals surface area (Å²) in [6.07, 6.45) is 0. The first-order valence-electron chi connectivity index (χ1n) is 5.90. The predicted molar refractivity (Wildman–Crippen MR) is 82.6 cm³/mol. The Bertz CT molecular complexity index is 659. The van der Waals surface area contributed by atoms with Gasteiger partial charge in [-0.1, -0.05) is 23.7 Å². The first-order valence-corrected chi connectivity index (χ1v) is 7.07. The summed E-state index contributed by atoms with van der Waals surface area (Å²) >= 11 is 8.94. The second-order valence-corrected chi connectivity index (χ2v) is 5.39. The molecule has 110 valence electrons. The van der Waals surface area contributed by atoms with Crippen LogP contribution >= 0.6 is 27.5 Å². The van der Waals surface area contributed by atoms with Crippen molar-refractivity contribution in [3.05, 3.63) is 57.5 Å². The Hall–Kier alpha value is -1.66. The van der Waals surface area contributed by atoms with Crippen LogP contribution in [0, 0.1) is 11.6 Å². The third-order valence-electron chi connectivity index (χ3n) is 2.58. The van der Waals surface area contributed by atoms with Gasteiger partial charge in [0.1, 0.15) is 11.6 Å². The van der Waals surface area contributed by atoms with E-state index < -0.39 is 17.5 Å². The highest BCUT2D eigenvalue weighted by Gasteiger charge is 2.11. The fourth-order valence-corrected chi connectivity index (χ4v) is 2.37. The van der Waals surface area contributed by atoms with Crippen molar-refractivity contribution in [2.45, 2.75) is 0 Å². The first kappa shape index (κ1) is 15.7. The van der Waals surface area contributed by atoms with Crippen molar-refractivity contribution in [3.63, 3.8) is 0 Å². The van der Waals surface area contributed by atoms with E-state index in [2.05, 4.69) is 26.6 Å². The van der Waals surface area contributed by atoms with Gasteiger partial charge >= 0.3 is 0 Å². The van der Waals surface area contributed by atoms with E-state index in [1.807, 2.05) is 0 Å². The minimum atomic E-state index is -0.785. The van der Waals surface area contributed by atoms with Crippen molar-refractivity contribution in [3.8, 4) is 0 Å². The predicted octanol–water partition coefficient (Wildman–Crippen LogP) is 4.43. The van der Waals surface area contributed by atoms with E-state index in [0.29, 0.717) is 10.7 Å². The van der Waals surface area contributed by atoms with Crippen LogP contribution in [0.2, 0.25) is 5.02 Å². The maximum absolute atomic E-state index is 13.6. The van der Waals surface area contributed by atoms with Crippen molar-refractivity contribution >= 4 is 44.8 Å². The maximum Gasteiger partial charge on any atom is 0.243 e. The topological polar surface area (TPSA) is 41.1 Å². The molecule has 2 aromatic carbocycles. The van der Waals surface area contributed by atoms with Crippen LogP contribution in [-0.4, -0.2) is 12.5 Å². The average molecular weight is 376 g/mol. The molecule has 3 nitrogen and oxygen atoms in total. The van der Waals surface area contributed by atoms with E-state index in [-0.39, 0.29) is 16.7 Å². The van der Waals surface area contributed by atoms with Crippen LogP contribution in [0.25, 0.3) is 0 Å². The van der Waals surface area contributed by atoms with Crippen LogP contribution in [0.15, 0.2) is 40.9 Å². The number of para-hydroxylation sites is 1. The van der Waals surface area contributed by atoms with Gasteiger partial charge in [0.05, 0.1) is 22.9 Å². The largest absolute Gasteiger partial charge is 0.373 e. The van der Waals surface area contributed by atoms with E-state index in [4.69, 9.17) is 11.6 Å². The fraction of sp³-hybridized carbons (Fsp3) is 0.0714. The second-order valence-electron chi connectivity index (χ2n) is 4.13. The Kier molecular flexibility index (Phi) is 5.14. The molecule has 0 atom stereocenters. The zero-order valence-electron chi connectivity index (χ0n) is 10.6. The Morgan fingerprint density at radius 2 is 1.95 bits per heavy atom. The van der Waals surface area contributed by atoms with Crippen LogP contribution < -0.4 is 10.6 Å². The molecule has 0 spiro atoms. The number of carbonyl (C=O) groups is 1. The monoisotopic (exact) mass is 374 g/mol. The van der Waals surface area contributed by atoms with Crippen LogP contribution in [-0.2, 0) is 4.79 Å². The third kappa shape index (κ3) is 4.15. The Morgan fingerprint density at radius 3 is 2.62 bits per heavy atom. The molecule has 7 heteroatoms. The summed E-state index contributed by atoms with van der Waals surface area (Å²) in [5, 5.41) is 5.59. The maximum atomic E-state index is 13.6. The molecule has 0 heterocycles. The molecule has 0 saturated heterocycles. The number of carbonyl (C=O) groups excluding carboxylic acids is 1. The Morgan fingerprint density at radius 1 is 1.24 bits per heavy atom. The number of hydrogen-bond donors (Lipinski definition) is 2. The van der Waals surface area contributed by atoms with Crippen molar-refractivity contribution in [2.75, 3.05) is 17.2 Å². The summed E-state index contributed by atoms with van der Waals surface area (Å²) in [7, 11) is 0. The molecule has 0 aliphatic carbocycles. The van der Waals surface area contributed by atoms with Crippen molar-refractivity contribution < 1.29 is 13.6 Å². The summed E-state index contributed by atoms with van der Waals surface area (Å²) in [6, 6.07) is 8.60. The van der Waals surface area contributed by atoms with Crippen molar-refractivity contribution in [1.82, 2.24) is 0 Å². The van der Waals surface area contributed by atoms with Gasteiger partial charge in [-0.3, -0.25) is 4.79 Å². The highest BCUT2D eigenvalue weighted by atomic mass is 79.9. The lowest BCUT2D eigenvalue weighted by atomic mass is 10.3. The summed E-state index contributed by atoms with van der Waals surface area (Å²) < 4.78 is 26.7. The fourth-order valence-electron chi connectivity index (χ4n) is 1.64. The highest BCUT2D eigenvalue weighted by molar-refractivity contribution is 9.10. The molecule has 21 heavy (non-hydrogen) atoms. The molecule has 0 radical (unpaired) electrons. The van der Waals surface area contributed by atoms with Crippen molar-refractivity contribution in [1.29, 1.82) is 0 Å². The van der Waals surface area contributed by atoms with Gasteiger partial charge in [0, 0.05) is 10.5 Å². The Balaban J connectivity index is 2.01. The molecule has 0 aliphatic heterocycles. The molecule has 0 bridgehead atoms. The Labute approximate surface area is 133 Å². The lowest BCUT2D eigenvalue weighted by Crippen LogP contribution is -2.22. The average Bonchev–Trinajstić information content (AvgIpc) is 2.40. The number of halogens is 4. The van der Waals surface area contributed by atoms with E-state index in [1.54, 1.807) is 24.3 Å². The van der Waals surface area contributed by atoms with Crippen molar-refractivity contribution in [2.24, 2.45) is 0 Å². The quantitative estimate of drug-likeness (QED) is 0.830. The zero-order valence-corrected chi connectivity index (χ0v) is 12.9. The lowest BCUT2D eigenvalue weighted by Gasteiger charge is -2.11. The van der Waals surface area contributed by atoms with Crippen LogP contribution in [0.3, 0.4) is 0 Å². The third-order valence-corrected chi connectivity index (χ3v) is 3.54.